The third kappa shape index (κ3) is 2.54. The van der Waals surface area contributed by atoms with Crippen molar-refractivity contribution in [2.75, 3.05) is 45.9 Å². The topological polar surface area (TPSA) is 27.7 Å². The van der Waals surface area contributed by atoms with Crippen molar-refractivity contribution in [3.05, 3.63) is 0 Å². The number of hydrogen-bond donors (Lipinski definition) is 1. The maximum Gasteiger partial charge on any atom is 0.129 e. The van der Waals surface area contributed by atoms with Gasteiger partial charge in [-0.1, -0.05) is 6.92 Å². The van der Waals surface area contributed by atoms with Crippen LogP contribution in [0.5, 0.6) is 0 Å². The number of nitrogens with one attached hydrogen (secondary N) is 1. The van der Waals surface area contributed by atoms with Gasteiger partial charge in [-0.3, -0.25) is 15.1 Å². The predicted octanol–water partition coefficient (Wildman–Crippen LogP) is 0.296. The Labute approximate surface area is 108 Å². The Morgan fingerprint density at radius 1 is 1.11 bits per heavy atom. The molecule has 0 spiro atoms. The highest BCUT2D eigenvalue weighted by molar-refractivity contribution is 4.89. The lowest BCUT2D eigenvalue weighted by molar-refractivity contribution is -0.0858. The number of alkyl halides is 1. The molecule has 0 aromatic heterocycles. The van der Waals surface area contributed by atoms with Gasteiger partial charge in [0, 0.05) is 26.2 Å². The zero-order valence-electron chi connectivity index (χ0n) is 11.1. The standard InChI is InChI=1S/C13H24FN3O/c1-10-6-12(14)13(15-7-10)17-4-2-16(3-5-17)11-8-18-9-11/h10-13,15H,2-9H2,1H3. The second-order valence-corrected chi connectivity index (χ2v) is 5.97. The van der Waals surface area contributed by atoms with Crippen molar-refractivity contribution in [3.8, 4) is 0 Å². The number of ether oxygens (including phenoxy) is 1. The van der Waals surface area contributed by atoms with Crippen molar-refractivity contribution in [2.45, 2.75) is 31.7 Å². The Balaban J connectivity index is 1.49. The van der Waals surface area contributed by atoms with Crippen molar-refractivity contribution in [1.82, 2.24) is 15.1 Å². The third-order valence-electron chi connectivity index (χ3n) is 4.52. The van der Waals surface area contributed by atoms with Crippen LogP contribution in [0, 0.1) is 5.92 Å². The lowest BCUT2D eigenvalue weighted by Crippen LogP contribution is -2.63. The maximum absolute atomic E-state index is 14.1. The monoisotopic (exact) mass is 257 g/mol. The van der Waals surface area contributed by atoms with Crippen molar-refractivity contribution < 1.29 is 9.13 Å². The SMILES string of the molecule is CC1CNC(N2CCN(C3COC3)CC2)C(F)C1. The number of rotatable bonds is 2. The van der Waals surface area contributed by atoms with Crippen LogP contribution in [-0.2, 0) is 4.74 Å². The van der Waals surface area contributed by atoms with Crippen LogP contribution in [-0.4, -0.2) is 74.1 Å². The minimum Gasteiger partial charge on any atom is -0.378 e. The van der Waals surface area contributed by atoms with Crippen molar-refractivity contribution in [3.63, 3.8) is 0 Å². The molecule has 104 valence electrons. The molecular formula is C13H24FN3O. The fourth-order valence-electron chi connectivity index (χ4n) is 3.22. The molecule has 5 heteroatoms. The number of piperidine rings is 1. The molecule has 3 aliphatic rings. The summed E-state index contributed by atoms with van der Waals surface area (Å²) >= 11 is 0. The highest BCUT2D eigenvalue weighted by Crippen LogP contribution is 2.22. The minimum absolute atomic E-state index is 0.0546. The summed E-state index contributed by atoms with van der Waals surface area (Å²) in [5.74, 6) is 0.463. The van der Waals surface area contributed by atoms with Crippen molar-refractivity contribution in [2.24, 2.45) is 5.92 Å². The van der Waals surface area contributed by atoms with Gasteiger partial charge in [0.2, 0.25) is 0 Å². The molecule has 0 aromatic carbocycles. The van der Waals surface area contributed by atoms with Crippen molar-refractivity contribution in [1.29, 1.82) is 0 Å². The van der Waals surface area contributed by atoms with Gasteiger partial charge in [-0.15, -0.1) is 0 Å². The molecule has 3 atom stereocenters. The normalized spacial score (nSPS) is 40.7. The largest absolute Gasteiger partial charge is 0.378 e. The fourth-order valence-corrected chi connectivity index (χ4v) is 3.22. The molecule has 4 nitrogen and oxygen atoms in total. The molecule has 0 aromatic rings. The Bertz CT molecular complexity index is 279. The first-order valence-corrected chi connectivity index (χ1v) is 7.17. The number of piperazine rings is 1. The first kappa shape index (κ1) is 12.8. The highest BCUT2D eigenvalue weighted by Gasteiger charge is 2.36. The molecule has 3 saturated heterocycles. The summed E-state index contributed by atoms with van der Waals surface area (Å²) in [6, 6.07) is 0.618. The van der Waals surface area contributed by atoms with Gasteiger partial charge in [-0.05, 0) is 18.9 Å². The molecule has 3 fully saturated rings. The van der Waals surface area contributed by atoms with E-state index in [0.717, 1.165) is 45.9 Å². The van der Waals surface area contributed by atoms with Gasteiger partial charge in [0.25, 0.3) is 0 Å². The Morgan fingerprint density at radius 3 is 2.33 bits per heavy atom. The first-order chi connectivity index (χ1) is 8.74. The Morgan fingerprint density at radius 2 is 1.78 bits per heavy atom. The third-order valence-corrected chi connectivity index (χ3v) is 4.52. The lowest BCUT2D eigenvalue weighted by Gasteiger charge is -2.46. The van der Waals surface area contributed by atoms with Crippen LogP contribution in [0.2, 0.25) is 0 Å². The molecule has 3 heterocycles. The van der Waals surface area contributed by atoms with Gasteiger partial charge in [-0.25, -0.2) is 4.39 Å². The molecule has 0 bridgehead atoms. The van der Waals surface area contributed by atoms with E-state index in [4.69, 9.17) is 4.74 Å². The molecular weight excluding hydrogens is 233 g/mol. The fraction of sp³-hybridized carbons (Fsp3) is 1.00. The predicted molar refractivity (Wildman–Crippen MR) is 68.2 cm³/mol. The number of halogens is 1. The van der Waals surface area contributed by atoms with E-state index in [1.54, 1.807) is 0 Å². The summed E-state index contributed by atoms with van der Waals surface area (Å²) in [5.41, 5.74) is 0. The quantitative estimate of drug-likeness (QED) is 0.770. The van der Waals surface area contributed by atoms with Gasteiger partial charge < -0.3 is 4.74 Å². The number of hydrogen-bond acceptors (Lipinski definition) is 4. The second kappa shape index (κ2) is 5.41. The van der Waals surface area contributed by atoms with Gasteiger partial charge in [0.15, 0.2) is 0 Å². The summed E-state index contributed by atoms with van der Waals surface area (Å²) < 4.78 is 19.3. The molecule has 0 amide bonds. The highest BCUT2D eigenvalue weighted by atomic mass is 19.1. The van der Waals surface area contributed by atoms with E-state index in [2.05, 4.69) is 22.0 Å². The van der Waals surface area contributed by atoms with Crippen LogP contribution in [0.3, 0.4) is 0 Å². The molecule has 18 heavy (non-hydrogen) atoms. The van der Waals surface area contributed by atoms with E-state index in [0.29, 0.717) is 18.4 Å². The summed E-state index contributed by atoms with van der Waals surface area (Å²) in [7, 11) is 0. The van der Waals surface area contributed by atoms with Gasteiger partial charge >= 0.3 is 0 Å². The van der Waals surface area contributed by atoms with Gasteiger partial charge in [-0.2, -0.15) is 0 Å². The molecule has 3 aliphatic heterocycles. The molecule has 3 unspecified atom stereocenters. The van der Waals surface area contributed by atoms with Gasteiger partial charge in [0.1, 0.15) is 6.17 Å². The van der Waals surface area contributed by atoms with E-state index >= 15 is 0 Å². The van der Waals surface area contributed by atoms with Crippen LogP contribution in [0.1, 0.15) is 13.3 Å². The van der Waals surface area contributed by atoms with Crippen LogP contribution in [0.15, 0.2) is 0 Å². The van der Waals surface area contributed by atoms with Crippen LogP contribution in [0.4, 0.5) is 4.39 Å². The van der Waals surface area contributed by atoms with Crippen molar-refractivity contribution >= 4 is 0 Å². The summed E-state index contributed by atoms with van der Waals surface area (Å²) in [5, 5.41) is 3.37. The van der Waals surface area contributed by atoms with Crippen LogP contribution < -0.4 is 5.32 Å². The second-order valence-electron chi connectivity index (χ2n) is 5.97. The van der Waals surface area contributed by atoms with E-state index < -0.39 is 6.17 Å². The average Bonchev–Trinajstić information content (AvgIpc) is 2.28. The van der Waals surface area contributed by atoms with Crippen LogP contribution in [0.25, 0.3) is 0 Å². The van der Waals surface area contributed by atoms with E-state index in [-0.39, 0.29) is 6.17 Å². The van der Waals surface area contributed by atoms with E-state index in [1.807, 2.05) is 0 Å². The Kier molecular flexibility index (Phi) is 3.84. The van der Waals surface area contributed by atoms with Crippen LogP contribution >= 0.6 is 0 Å². The summed E-state index contributed by atoms with van der Waals surface area (Å²) in [4.78, 5) is 4.77. The molecule has 0 saturated carbocycles. The Hall–Kier alpha value is -0.230. The zero-order valence-corrected chi connectivity index (χ0v) is 11.1. The molecule has 0 aliphatic carbocycles. The van der Waals surface area contributed by atoms with E-state index in [9.17, 15) is 4.39 Å². The first-order valence-electron chi connectivity index (χ1n) is 7.17. The summed E-state index contributed by atoms with van der Waals surface area (Å²) in [6.45, 7) is 8.87. The molecule has 1 N–H and O–H groups in total. The molecule has 3 rings (SSSR count). The average molecular weight is 257 g/mol. The minimum atomic E-state index is -0.715. The summed E-state index contributed by atoms with van der Waals surface area (Å²) in [6.07, 6.45) is -0.0673. The maximum atomic E-state index is 14.1. The smallest absolute Gasteiger partial charge is 0.129 e. The van der Waals surface area contributed by atoms with E-state index in [1.165, 1.54) is 0 Å². The zero-order chi connectivity index (χ0) is 12.5. The number of nitrogens with zero attached hydrogens (tertiary/aromatic N) is 2. The lowest BCUT2D eigenvalue weighted by atomic mass is 9.97. The van der Waals surface area contributed by atoms with Gasteiger partial charge in [0.05, 0.1) is 25.4 Å². The molecule has 0 radical (unpaired) electrons.